The Kier molecular flexibility index (Phi) is 4.71. The average Bonchev–Trinajstić information content (AvgIpc) is 3.31. The zero-order valence-corrected chi connectivity index (χ0v) is 17.3. The molecule has 2 aliphatic rings. The number of aryl methyl sites for hydroxylation is 1. The first-order valence-electron chi connectivity index (χ1n) is 10.2. The maximum atomic E-state index is 13.6. The van der Waals surface area contributed by atoms with E-state index in [4.69, 9.17) is 9.57 Å². The lowest BCUT2D eigenvalue weighted by molar-refractivity contribution is -0.126. The van der Waals surface area contributed by atoms with Gasteiger partial charge in [-0.05, 0) is 48.9 Å². The molecule has 0 N–H and O–H groups in total. The Morgan fingerprint density at radius 1 is 0.839 bits per heavy atom. The molecule has 31 heavy (non-hydrogen) atoms. The van der Waals surface area contributed by atoms with Gasteiger partial charge in [0, 0.05) is 0 Å². The van der Waals surface area contributed by atoms with Gasteiger partial charge < -0.3 is 4.74 Å². The maximum absolute atomic E-state index is 13.6. The van der Waals surface area contributed by atoms with E-state index in [-0.39, 0.29) is 11.8 Å². The van der Waals surface area contributed by atoms with Crippen molar-refractivity contribution in [2.45, 2.75) is 19.1 Å². The Bertz CT molecular complexity index is 1130. The first-order valence-corrected chi connectivity index (χ1v) is 10.2. The topological polar surface area (TPSA) is 59.1 Å². The minimum absolute atomic E-state index is 0.259. The van der Waals surface area contributed by atoms with Crippen LogP contribution in [-0.2, 0) is 14.4 Å². The van der Waals surface area contributed by atoms with Crippen LogP contribution < -0.4 is 14.7 Å². The molecule has 0 unspecified atom stereocenters. The van der Waals surface area contributed by atoms with Gasteiger partial charge in [0.15, 0.2) is 6.10 Å². The number of hydroxylamine groups is 1. The summed E-state index contributed by atoms with van der Waals surface area (Å²) in [7, 11) is 1.60. The highest BCUT2D eigenvalue weighted by molar-refractivity contribution is 6.23. The summed E-state index contributed by atoms with van der Waals surface area (Å²) < 4.78 is 5.39. The summed E-state index contributed by atoms with van der Waals surface area (Å²) in [5.74, 6) is -0.586. The number of rotatable bonds is 4. The van der Waals surface area contributed by atoms with Crippen LogP contribution in [0.15, 0.2) is 78.9 Å². The van der Waals surface area contributed by atoms with E-state index in [0.29, 0.717) is 11.4 Å². The molecule has 3 aromatic carbocycles. The van der Waals surface area contributed by atoms with Gasteiger partial charge >= 0.3 is 0 Å². The Morgan fingerprint density at radius 2 is 1.58 bits per heavy atom. The molecule has 156 valence electrons. The first-order chi connectivity index (χ1) is 15.1. The van der Waals surface area contributed by atoms with Crippen LogP contribution in [0.4, 0.5) is 11.4 Å². The van der Waals surface area contributed by atoms with Crippen molar-refractivity contribution in [3.05, 3.63) is 90.0 Å². The van der Waals surface area contributed by atoms with Crippen molar-refractivity contribution in [3.63, 3.8) is 0 Å². The molecule has 0 radical (unpaired) electrons. The monoisotopic (exact) mass is 414 g/mol. The quantitative estimate of drug-likeness (QED) is 0.603. The van der Waals surface area contributed by atoms with Crippen molar-refractivity contribution in [2.24, 2.45) is 5.92 Å². The van der Waals surface area contributed by atoms with E-state index in [2.05, 4.69) is 0 Å². The molecule has 5 rings (SSSR count). The summed E-state index contributed by atoms with van der Waals surface area (Å²) in [5, 5.41) is 1.69. The number of hydrogen-bond acceptors (Lipinski definition) is 5. The zero-order valence-electron chi connectivity index (χ0n) is 17.3. The number of amides is 2. The fourth-order valence-electron chi connectivity index (χ4n) is 4.33. The lowest BCUT2D eigenvalue weighted by Gasteiger charge is -2.29. The number of carbonyl (C=O) groups is 2. The predicted molar refractivity (Wildman–Crippen MR) is 117 cm³/mol. The van der Waals surface area contributed by atoms with Gasteiger partial charge in [0.1, 0.15) is 11.7 Å². The van der Waals surface area contributed by atoms with Gasteiger partial charge in [-0.1, -0.05) is 48.0 Å². The second kappa shape index (κ2) is 7.56. The average molecular weight is 414 g/mol. The third-order valence-corrected chi connectivity index (χ3v) is 5.85. The molecule has 0 spiro atoms. The van der Waals surface area contributed by atoms with Crippen LogP contribution in [0.2, 0.25) is 0 Å². The van der Waals surface area contributed by atoms with Crippen molar-refractivity contribution < 1.29 is 19.2 Å². The molecule has 3 aromatic rings. The number of para-hydroxylation sites is 1. The van der Waals surface area contributed by atoms with E-state index in [1.165, 1.54) is 4.90 Å². The van der Waals surface area contributed by atoms with E-state index in [1.807, 2.05) is 73.7 Å². The maximum Gasteiger partial charge on any atom is 0.266 e. The van der Waals surface area contributed by atoms with E-state index in [1.54, 1.807) is 24.3 Å². The summed E-state index contributed by atoms with van der Waals surface area (Å²) in [6, 6.07) is 24.0. The summed E-state index contributed by atoms with van der Waals surface area (Å²) in [5.41, 5.74) is 3.26. The number of anilines is 2. The summed E-state index contributed by atoms with van der Waals surface area (Å²) in [6.07, 6.45) is -0.884. The van der Waals surface area contributed by atoms with E-state index < -0.39 is 18.1 Å². The number of ether oxygens (including phenoxy) is 1. The van der Waals surface area contributed by atoms with Crippen LogP contribution in [0.5, 0.6) is 5.75 Å². The van der Waals surface area contributed by atoms with Crippen molar-refractivity contribution in [3.8, 4) is 5.75 Å². The van der Waals surface area contributed by atoms with Crippen LogP contribution in [0.1, 0.15) is 17.2 Å². The number of methoxy groups -OCH3 is 1. The largest absolute Gasteiger partial charge is 0.497 e. The third kappa shape index (κ3) is 3.16. The number of fused-ring (bicyclic) bond motifs is 1. The Labute approximate surface area is 180 Å². The Balaban J connectivity index is 1.59. The number of nitrogens with zero attached hydrogens (tertiary/aromatic N) is 2. The van der Waals surface area contributed by atoms with Gasteiger partial charge in [0.2, 0.25) is 5.91 Å². The van der Waals surface area contributed by atoms with Crippen molar-refractivity contribution in [1.82, 2.24) is 0 Å². The predicted octanol–water partition coefficient (Wildman–Crippen LogP) is 4.05. The van der Waals surface area contributed by atoms with Crippen molar-refractivity contribution in [1.29, 1.82) is 0 Å². The Hall–Kier alpha value is -3.64. The highest BCUT2D eigenvalue weighted by atomic mass is 16.7. The molecular weight excluding hydrogens is 392 g/mol. The summed E-state index contributed by atoms with van der Waals surface area (Å²) >= 11 is 0. The normalized spacial score (nSPS) is 22.7. The highest BCUT2D eigenvalue weighted by Gasteiger charge is 2.60. The van der Waals surface area contributed by atoms with Crippen LogP contribution >= 0.6 is 0 Å². The third-order valence-electron chi connectivity index (χ3n) is 5.85. The number of benzene rings is 3. The molecule has 6 heteroatoms. The second-order valence-corrected chi connectivity index (χ2v) is 7.78. The molecule has 2 saturated heterocycles. The van der Waals surface area contributed by atoms with E-state index in [9.17, 15) is 9.59 Å². The van der Waals surface area contributed by atoms with Crippen LogP contribution in [0.25, 0.3) is 0 Å². The summed E-state index contributed by atoms with van der Waals surface area (Å²) in [4.78, 5) is 34.3. The molecule has 0 aromatic heterocycles. The molecular formula is C25H22N2O4. The van der Waals surface area contributed by atoms with Crippen LogP contribution in [0, 0.1) is 12.8 Å². The molecule has 3 atom stereocenters. The molecule has 0 bridgehead atoms. The SMILES string of the molecule is COc1cccc([C@@H]2[C@@H]3C(=O)N(c4ccc(C)cc4)C(=O)[C@@H]3ON2c2ccccc2)c1. The van der Waals surface area contributed by atoms with Gasteiger partial charge in [0.05, 0.1) is 24.5 Å². The van der Waals surface area contributed by atoms with Crippen LogP contribution in [-0.4, -0.2) is 25.0 Å². The fourth-order valence-corrected chi connectivity index (χ4v) is 4.33. The number of imide groups is 1. The minimum atomic E-state index is -0.884. The van der Waals surface area contributed by atoms with Gasteiger partial charge in [0.25, 0.3) is 5.91 Å². The lowest BCUT2D eigenvalue weighted by atomic mass is 9.90. The molecule has 0 saturated carbocycles. The van der Waals surface area contributed by atoms with E-state index in [0.717, 1.165) is 16.8 Å². The summed E-state index contributed by atoms with van der Waals surface area (Å²) in [6.45, 7) is 1.96. The molecule has 2 heterocycles. The first kappa shape index (κ1) is 19.3. The van der Waals surface area contributed by atoms with Gasteiger partial charge in [-0.3, -0.25) is 14.4 Å². The molecule has 0 aliphatic carbocycles. The smallest absolute Gasteiger partial charge is 0.266 e. The van der Waals surface area contributed by atoms with Crippen molar-refractivity contribution >= 4 is 23.2 Å². The highest BCUT2D eigenvalue weighted by Crippen LogP contribution is 2.47. The fraction of sp³-hybridized carbons (Fsp3) is 0.200. The van der Waals surface area contributed by atoms with Gasteiger partial charge in [-0.2, -0.15) is 0 Å². The molecule has 2 aliphatic heterocycles. The number of carbonyl (C=O) groups excluding carboxylic acids is 2. The minimum Gasteiger partial charge on any atom is -0.497 e. The lowest BCUT2D eigenvalue weighted by Crippen LogP contribution is -2.37. The standard InChI is InChI=1S/C25H22N2O4/c1-16-11-13-18(14-12-16)26-24(28)21-22(17-7-6-10-20(15-17)30-2)27(31-23(21)25(26)29)19-8-4-3-5-9-19/h3-15,21-23H,1-2H3/t21-,22+,23+/m0/s1. The molecule has 6 nitrogen and oxygen atoms in total. The second-order valence-electron chi connectivity index (χ2n) is 7.78. The Morgan fingerprint density at radius 3 is 2.29 bits per heavy atom. The molecule has 2 amide bonds. The molecule has 2 fully saturated rings. The van der Waals surface area contributed by atoms with Gasteiger partial charge in [-0.15, -0.1) is 0 Å². The zero-order chi connectivity index (χ0) is 21.5. The van der Waals surface area contributed by atoms with E-state index >= 15 is 0 Å². The van der Waals surface area contributed by atoms with Crippen LogP contribution in [0.3, 0.4) is 0 Å². The van der Waals surface area contributed by atoms with Crippen molar-refractivity contribution in [2.75, 3.05) is 17.1 Å². The van der Waals surface area contributed by atoms with Gasteiger partial charge in [-0.25, -0.2) is 9.96 Å². The number of hydrogen-bond donors (Lipinski definition) is 0.